The Bertz CT molecular complexity index is 1200. The molecule has 2 aromatic carbocycles. The van der Waals surface area contributed by atoms with E-state index in [0.29, 0.717) is 34.7 Å². The summed E-state index contributed by atoms with van der Waals surface area (Å²) in [6.07, 6.45) is -0.0207. The van der Waals surface area contributed by atoms with E-state index in [2.05, 4.69) is 0 Å². The molecule has 180 valence electrons. The molecule has 10 heteroatoms. The van der Waals surface area contributed by atoms with Gasteiger partial charge in [-0.1, -0.05) is 0 Å². The van der Waals surface area contributed by atoms with Crippen LogP contribution in [-0.4, -0.2) is 58.9 Å². The van der Waals surface area contributed by atoms with Crippen LogP contribution in [-0.2, 0) is 13.2 Å². The molecular formula is C24H27BrMgO8. The maximum absolute atomic E-state index is 10.5. The molecule has 0 bridgehead atoms. The summed E-state index contributed by atoms with van der Waals surface area (Å²) < 4.78 is 21.0. The SMILES string of the molecule is COc1cc(CO)cc2cc(C(C)O)oc12.COc1cc(CO)cc2cc(C=O)oc12.[Br-].[CH3-].[Mg+2]. The predicted molar refractivity (Wildman–Crippen MR) is 126 cm³/mol. The molecule has 4 aromatic rings. The number of halogens is 1. The first-order valence-corrected chi connectivity index (χ1v) is 9.49. The Morgan fingerprint density at radius 3 is 1.76 bits per heavy atom. The topological polar surface area (TPSA) is 123 Å². The van der Waals surface area contributed by atoms with Gasteiger partial charge in [0.2, 0.25) is 0 Å². The van der Waals surface area contributed by atoms with Crippen molar-refractivity contribution in [3.8, 4) is 11.5 Å². The Morgan fingerprint density at radius 1 is 0.882 bits per heavy atom. The number of ether oxygens (including phenoxy) is 2. The van der Waals surface area contributed by atoms with Crippen molar-refractivity contribution >= 4 is 51.3 Å². The fourth-order valence-corrected chi connectivity index (χ4v) is 3.15. The number of aliphatic hydroxyl groups excluding tert-OH is 3. The molecule has 0 amide bonds. The molecule has 1 unspecified atom stereocenters. The average Bonchev–Trinajstić information content (AvgIpc) is 3.41. The number of carbonyl (C=O) groups is 1. The van der Waals surface area contributed by atoms with Gasteiger partial charge in [0.05, 0.1) is 27.4 Å². The number of hydrogen-bond donors (Lipinski definition) is 3. The van der Waals surface area contributed by atoms with Crippen molar-refractivity contribution in [2.24, 2.45) is 0 Å². The van der Waals surface area contributed by atoms with E-state index < -0.39 is 6.10 Å². The van der Waals surface area contributed by atoms with Crippen molar-refractivity contribution in [3.63, 3.8) is 0 Å². The van der Waals surface area contributed by atoms with Gasteiger partial charge in [0, 0.05) is 10.8 Å². The number of aliphatic hydroxyl groups is 3. The Morgan fingerprint density at radius 2 is 1.35 bits per heavy atom. The van der Waals surface area contributed by atoms with Gasteiger partial charge in [-0.15, -0.1) is 0 Å². The summed E-state index contributed by atoms with van der Waals surface area (Å²) in [6, 6.07) is 10.3. The van der Waals surface area contributed by atoms with E-state index in [-0.39, 0.29) is 66.4 Å². The molecule has 2 aromatic heterocycles. The molecule has 34 heavy (non-hydrogen) atoms. The summed E-state index contributed by atoms with van der Waals surface area (Å²) in [5.74, 6) is 1.82. The predicted octanol–water partition coefficient (Wildman–Crippen LogP) is 0.807. The third-order valence-electron chi connectivity index (χ3n) is 4.65. The van der Waals surface area contributed by atoms with E-state index in [1.54, 1.807) is 44.4 Å². The first kappa shape index (κ1) is 31.9. The van der Waals surface area contributed by atoms with Crippen LogP contribution in [0.5, 0.6) is 11.5 Å². The van der Waals surface area contributed by atoms with Gasteiger partial charge in [0.25, 0.3) is 0 Å². The van der Waals surface area contributed by atoms with E-state index in [0.717, 1.165) is 21.9 Å². The molecule has 1 atom stereocenters. The molecular weight excluding hydrogens is 520 g/mol. The molecule has 4 rings (SSSR count). The van der Waals surface area contributed by atoms with Crippen LogP contribution in [0, 0.1) is 7.43 Å². The second-order valence-corrected chi connectivity index (χ2v) is 6.84. The molecule has 0 aliphatic heterocycles. The Kier molecular flexibility index (Phi) is 13.5. The van der Waals surface area contributed by atoms with Gasteiger partial charge in [-0.3, -0.25) is 4.79 Å². The monoisotopic (exact) mass is 546 g/mol. The summed E-state index contributed by atoms with van der Waals surface area (Å²) in [4.78, 5) is 10.5. The van der Waals surface area contributed by atoms with Crippen molar-refractivity contribution in [1.29, 1.82) is 0 Å². The van der Waals surface area contributed by atoms with Crippen LogP contribution in [0.2, 0.25) is 0 Å². The minimum atomic E-state index is -0.658. The first-order chi connectivity index (χ1) is 14.9. The zero-order valence-electron chi connectivity index (χ0n) is 19.5. The Hall–Kier alpha value is -2.08. The van der Waals surface area contributed by atoms with E-state index in [1.807, 2.05) is 6.07 Å². The van der Waals surface area contributed by atoms with Crippen LogP contribution in [0.25, 0.3) is 21.9 Å². The number of aldehydes is 1. The maximum atomic E-state index is 10.5. The minimum Gasteiger partial charge on any atom is -1.00 e. The van der Waals surface area contributed by atoms with Crippen molar-refractivity contribution < 1.29 is 55.4 Å². The van der Waals surface area contributed by atoms with Gasteiger partial charge >= 0.3 is 23.1 Å². The fourth-order valence-electron chi connectivity index (χ4n) is 3.15. The number of furan rings is 2. The average molecular weight is 548 g/mol. The second kappa shape index (κ2) is 14.3. The van der Waals surface area contributed by atoms with E-state index in [4.69, 9.17) is 28.5 Å². The van der Waals surface area contributed by atoms with E-state index in [9.17, 15) is 9.90 Å². The molecule has 0 saturated heterocycles. The van der Waals surface area contributed by atoms with Crippen LogP contribution >= 0.6 is 0 Å². The minimum absolute atomic E-state index is 0. The first-order valence-electron chi connectivity index (χ1n) is 9.49. The fraction of sp³-hybridized carbons (Fsp3) is 0.250. The number of hydrogen-bond acceptors (Lipinski definition) is 8. The van der Waals surface area contributed by atoms with Crippen LogP contribution < -0.4 is 26.5 Å². The van der Waals surface area contributed by atoms with Gasteiger partial charge in [-0.05, 0) is 54.4 Å². The number of benzene rings is 2. The van der Waals surface area contributed by atoms with Gasteiger partial charge in [-0.2, -0.15) is 0 Å². The van der Waals surface area contributed by atoms with Gasteiger partial charge in [0.15, 0.2) is 34.7 Å². The summed E-state index contributed by atoms with van der Waals surface area (Å²) >= 11 is 0. The third kappa shape index (κ3) is 6.97. The smallest absolute Gasteiger partial charge is 1.00 e. The van der Waals surface area contributed by atoms with Crippen LogP contribution in [0.3, 0.4) is 0 Å². The van der Waals surface area contributed by atoms with E-state index >= 15 is 0 Å². The standard InChI is InChI=1S/C12H14O4.C11H10O4.CH3.BrH.Mg/c1-7(14)10-5-9-3-8(6-13)4-11(15-2)12(9)16-10;1-14-10-3-7(5-12)2-8-4-9(6-13)15-11(8)10;;;/h3-5,7,13-14H,6H2,1-2H3;2-4,6,12H,5H2,1H3;1H3;1H;/q;;-1;;+2/p-1. The molecule has 0 aliphatic rings. The summed E-state index contributed by atoms with van der Waals surface area (Å²) in [6.45, 7) is 1.51. The summed E-state index contributed by atoms with van der Waals surface area (Å²) in [5.41, 5.74) is 2.59. The molecule has 0 aliphatic carbocycles. The molecule has 8 nitrogen and oxygen atoms in total. The molecule has 0 fully saturated rings. The molecule has 0 spiro atoms. The number of rotatable bonds is 6. The summed E-state index contributed by atoms with van der Waals surface area (Å²) in [7, 11) is 3.06. The summed E-state index contributed by atoms with van der Waals surface area (Å²) in [5, 5.41) is 29.1. The molecule has 2 heterocycles. The van der Waals surface area contributed by atoms with Gasteiger partial charge < -0.3 is 58.0 Å². The number of carbonyl (C=O) groups excluding carboxylic acids is 1. The Labute approximate surface area is 224 Å². The largest absolute Gasteiger partial charge is 2.00 e. The van der Waals surface area contributed by atoms with Gasteiger partial charge in [-0.25, -0.2) is 0 Å². The van der Waals surface area contributed by atoms with Crippen LogP contribution in [0.15, 0.2) is 45.2 Å². The third-order valence-corrected chi connectivity index (χ3v) is 4.65. The molecule has 0 radical (unpaired) electrons. The van der Waals surface area contributed by atoms with E-state index in [1.165, 1.54) is 7.11 Å². The molecule has 0 saturated carbocycles. The zero-order valence-corrected chi connectivity index (χ0v) is 22.5. The van der Waals surface area contributed by atoms with Crippen molar-refractivity contribution in [2.45, 2.75) is 26.2 Å². The normalized spacial score (nSPS) is 10.8. The second-order valence-electron chi connectivity index (χ2n) is 6.84. The zero-order chi connectivity index (χ0) is 22.5. The van der Waals surface area contributed by atoms with Gasteiger partial charge in [0.1, 0.15) is 11.9 Å². The van der Waals surface area contributed by atoms with Crippen molar-refractivity contribution in [3.05, 3.63) is 66.5 Å². The van der Waals surface area contributed by atoms with Crippen LogP contribution in [0.4, 0.5) is 0 Å². The number of fused-ring (bicyclic) bond motifs is 2. The van der Waals surface area contributed by atoms with Crippen LogP contribution in [0.1, 0.15) is 40.5 Å². The quantitative estimate of drug-likeness (QED) is 0.184. The Balaban J connectivity index is 0.000000590. The number of methoxy groups -OCH3 is 2. The maximum Gasteiger partial charge on any atom is 2.00 e. The van der Waals surface area contributed by atoms with Crippen molar-refractivity contribution in [1.82, 2.24) is 0 Å². The van der Waals surface area contributed by atoms with Crippen molar-refractivity contribution in [2.75, 3.05) is 14.2 Å². The molecule has 3 N–H and O–H groups in total.